The molecule has 0 spiro atoms. The summed E-state index contributed by atoms with van der Waals surface area (Å²) in [5.41, 5.74) is -0.101. The molecule has 166 valence electrons. The molecule has 30 heavy (non-hydrogen) atoms. The van der Waals surface area contributed by atoms with Crippen molar-refractivity contribution in [1.29, 1.82) is 0 Å². The summed E-state index contributed by atoms with van der Waals surface area (Å²) in [6, 6.07) is 2.19. The van der Waals surface area contributed by atoms with Crippen molar-refractivity contribution in [2.24, 2.45) is 0 Å². The minimum absolute atomic E-state index is 0.135. The highest BCUT2D eigenvalue weighted by Crippen LogP contribution is 2.30. The Hall–Kier alpha value is -1.54. The van der Waals surface area contributed by atoms with Crippen molar-refractivity contribution in [3.63, 3.8) is 0 Å². The van der Waals surface area contributed by atoms with Crippen LogP contribution in [0.3, 0.4) is 0 Å². The Morgan fingerprint density at radius 1 is 1.30 bits per heavy atom. The van der Waals surface area contributed by atoms with E-state index < -0.39 is 15.6 Å². The molecule has 0 amide bonds. The fraction of sp³-hybridized carbons (Fsp3) is 0.706. The van der Waals surface area contributed by atoms with Crippen molar-refractivity contribution in [3.8, 4) is 0 Å². The number of aliphatic hydroxyl groups is 1. The largest absolute Gasteiger partial charge is 0.394 e. The minimum atomic E-state index is -3.56. The van der Waals surface area contributed by atoms with Crippen LogP contribution in [0, 0.1) is 0 Å². The summed E-state index contributed by atoms with van der Waals surface area (Å²) in [7, 11) is -1.63. The number of aliphatic hydroxyl groups excluding tert-OH is 1. The lowest BCUT2D eigenvalue weighted by atomic mass is 10.0. The highest BCUT2D eigenvalue weighted by Gasteiger charge is 2.36. The maximum absolute atomic E-state index is 12.6. The quantitative estimate of drug-likeness (QED) is 0.371. The van der Waals surface area contributed by atoms with Crippen LogP contribution in [0.2, 0.25) is 0 Å². The first-order chi connectivity index (χ1) is 14.3. The first-order valence-corrected chi connectivity index (χ1v) is 12.5. The van der Waals surface area contributed by atoms with E-state index in [0.29, 0.717) is 41.0 Å². The molecule has 0 radical (unpaired) electrons. The molecule has 2 aromatic heterocycles. The van der Waals surface area contributed by atoms with Crippen molar-refractivity contribution in [1.82, 2.24) is 29.6 Å². The van der Waals surface area contributed by atoms with Gasteiger partial charge in [-0.1, -0.05) is 12.8 Å². The standard InChI is InChI=1S/C17H27BrN8O3S/c1-19-12-9-25(10-12)16-21-14-8-13(18)23-26(14)15(22-16)20-6-7-30(28,29)24-17(11-27)4-2-3-5-17/h8,12,19,24,27H,2-7,9-11H2,1H3,(H,20,21,22). The summed E-state index contributed by atoms with van der Waals surface area (Å²) in [4.78, 5) is 11.2. The molecule has 11 nitrogen and oxygen atoms in total. The van der Waals surface area contributed by atoms with Gasteiger partial charge in [-0.2, -0.15) is 19.6 Å². The molecule has 2 fully saturated rings. The van der Waals surface area contributed by atoms with Crippen molar-refractivity contribution < 1.29 is 13.5 Å². The van der Waals surface area contributed by atoms with Gasteiger partial charge in [0, 0.05) is 31.7 Å². The molecule has 13 heteroatoms. The molecule has 3 heterocycles. The molecular weight excluding hydrogens is 476 g/mol. The second kappa shape index (κ2) is 8.54. The number of anilines is 2. The van der Waals surface area contributed by atoms with E-state index in [-0.39, 0.29) is 18.9 Å². The molecule has 0 atom stereocenters. The van der Waals surface area contributed by atoms with E-state index in [1.54, 1.807) is 10.6 Å². The van der Waals surface area contributed by atoms with Gasteiger partial charge in [0.1, 0.15) is 4.60 Å². The van der Waals surface area contributed by atoms with Crippen molar-refractivity contribution in [3.05, 3.63) is 10.7 Å². The maximum Gasteiger partial charge on any atom is 0.230 e. The van der Waals surface area contributed by atoms with E-state index in [2.05, 4.69) is 51.3 Å². The fourth-order valence-corrected chi connectivity index (χ4v) is 5.72. The number of halogens is 1. The Labute approximate surface area is 183 Å². The average molecular weight is 503 g/mol. The zero-order valence-corrected chi connectivity index (χ0v) is 19.2. The van der Waals surface area contributed by atoms with Gasteiger partial charge in [0.25, 0.3) is 0 Å². The van der Waals surface area contributed by atoms with Gasteiger partial charge in [0.05, 0.1) is 17.9 Å². The van der Waals surface area contributed by atoms with Crippen molar-refractivity contribution in [2.45, 2.75) is 37.3 Å². The third kappa shape index (κ3) is 4.54. The molecule has 2 aromatic rings. The summed E-state index contributed by atoms with van der Waals surface area (Å²) in [6.07, 6.45) is 3.16. The number of nitrogens with zero attached hydrogens (tertiary/aromatic N) is 5. The SMILES string of the molecule is CNC1CN(c2nc(NCCS(=O)(=O)NC3(CO)CCCC3)n3nc(Br)cc3n2)C1. The molecule has 0 unspecified atom stereocenters. The number of sulfonamides is 1. The monoisotopic (exact) mass is 502 g/mol. The highest BCUT2D eigenvalue weighted by molar-refractivity contribution is 9.10. The minimum Gasteiger partial charge on any atom is -0.394 e. The first-order valence-electron chi connectivity index (χ1n) is 10.0. The number of fused-ring (bicyclic) bond motifs is 1. The summed E-state index contributed by atoms with van der Waals surface area (Å²) < 4.78 is 30.0. The zero-order chi connectivity index (χ0) is 21.4. The van der Waals surface area contributed by atoms with Gasteiger partial charge >= 0.3 is 0 Å². The lowest BCUT2D eigenvalue weighted by Gasteiger charge is -2.39. The normalized spacial score (nSPS) is 19.4. The molecule has 1 saturated carbocycles. The smallest absolute Gasteiger partial charge is 0.230 e. The molecule has 1 aliphatic heterocycles. The van der Waals surface area contributed by atoms with Gasteiger partial charge in [-0.05, 0) is 35.8 Å². The number of hydrogen-bond donors (Lipinski definition) is 4. The Balaban J connectivity index is 1.45. The fourth-order valence-electron chi connectivity index (χ4n) is 3.95. The predicted molar refractivity (Wildman–Crippen MR) is 117 cm³/mol. The number of likely N-dealkylation sites (N-methyl/N-ethyl adjacent to an activating group) is 1. The van der Waals surface area contributed by atoms with Crippen molar-refractivity contribution >= 4 is 43.5 Å². The lowest BCUT2D eigenvalue weighted by molar-refractivity contribution is 0.185. The van der Waals surface area contributed by atoms with E-state index in [4.69, 9.17) is 0 Å². The first kappa shape index (κ1) is 21.7. The third-order valence-corrected chi connectivity index (χ3v) is 7.62. The molecule has 4 N–H and O–H groups in total. The predicted octanol–water partition coefficient (Wildman–Crippen LogP) is -0.0688. The molecule has 0 aromatic carbocycles. The van der Waals surface area contributed by atoms with E-state index in [0.717, 1.165) is 25.9 Å². The molecule has 1 saturated heterocycles. The zero-order valence-electron chi connectivity index (χ0n) is 16.8. The third-order valence-electron chi connectivity index (χ3n) is 5.74. The maximum atomic E-state index is 12.6. The van der Waals surface area contributed by atoms with Gasteiger partial charge in [-0.3, -0.25) is 0 Å². The molecule has 2 aliphatic rings. The molecule has 4 rings (SSSR count). The Morgan fingerprint density at radius 2 is 2.03 bits per heavy atom. The van der Waals surface area contributed by atoms with Crippen LogP contribution in [-0.4, -0.2) is 83.7 Å². The second-order valence-electron chi connectivity index (χ2n) is 7.97. The molecule has 0 bridgehead atoms. The van der Waals surface area contributed by atoms with E-state index >= 15 is 0 Å². The topological polar surface area (TPSA) is 137 Å². The second-order valence-corrected chi connectivity index (χ2v) is 10.6. The van der Waals surface area contributed by atoms with Gasteiger partial charge < -0.3 is 20.6 Å². The van der Waals surface area contributed by atoms with Gasteiger partial charge in [-0.15, -0.1) is 0 Å². The summed E-state index contributed by atoms with van der Waals surface area (Å²) in [5.74, 6) is 0.875. The Bertz CT molecular complexity index is 1000. The number of hydrogen-bond acceptors (Lipinski definition) is 9. The van der Waals surface area contributed by atoms with Crippen molar-refractivity contribution in [2.75, 3.05) is 49.3 Å². The number of nitrogens with one attached hydrogen (secondary N) is 3. The van der Waals surface area contributed by atoms with E-state index in [1.807, 2.05) is 7.05 Å². The summed E-state index contributed by atoms with van der Waals surface area (Å²) in [6.45, 7) is 1.59. The molecular formula is C17H27BrN8O3S. The van der Waals surface area contributed by atoms with Crippen LogP contribution in [0.5, 0.6) is 0 Å². The van der Waals surface area contributed by atoms with Crippen LogP contribution in [0.1, 0.15) is 25.7 Å². The van der Waals surface area contributed by atoms with E-state index in [9.17, 15) is 13.5 Å². The highest BCUT2D eigenvalue weighted by atomic mass is 79.9. The van der Waals surface area contributed by atoms with Gasteiger partial charge in [0.15, 0.2) is 5.65 Å². The Kier molecular flexibility index (Phi) is 6.17. The summed E-state index contributed by atoms with van der Waals surface area (Å²) >= 11 is 3.35. The number of aromatic nitrogens is 4. The van der Waals surface area contributed by atoms with Gasteiger partial charge in [-0.25, -0.2) is 13.1 Å². The average Bonchev–Trinajstić information content (AvgIpc) is 3.26. The van der Waals surface area contributed by atoms with Crippen LogP contribution < -0.4 is 20.3 Å². The van der Waals surface area contributed by atoms with E-state index in [1.165, 1.54) is 0 Å². The Morgan fingerprint density at radius 3 is 2.70 bits per heavy atom. The lowest BCUT2D eigenvalue weighted by Crippen LogP contribution is -2.57. The summed E-state index contributed by atoms with van der Waals surface area (Å²) in [5, 5.41) is 20.3. The van der Waals surface area contributed by atoms with Crippen LogP contribution >= 0.6 is 15.9 Å². The van der Waals surface area contributed by atoms with Gasteiger partial charge in [0.2, 0.25) is 21.9 Å². The van der Waals surface area contributed by atoms with Crippen LogP contribution in [0.15, 0.2) is 10.7 Å². The van der Waals surface area contributed by atoms with Crippen LogP contribution in [0.25, 0.3) is 5.65 Å². The number of rotatable bonds is 9. The van der Waals surface area contributed by atoms with Crippen LogP contribution in [-0.2, 0) is 10.0 Å². The van der Waals surface area contributed by atoms with Crippen LogP contribution in [0.4, 0.5) is 11.9 Å². The molecule has 1 aliphatic carbocycles.